The lowest BCUT2D eigenvalue weighted by atomic mass is 10.9. The first-order valence-electron chi connectivity index (χ1n) is 3.12. The van der Waals surface area contributed by atoms with Crippen LogP contribution in [0.2, 0.25) is 0 Å². The Balaban J connectivity index is -0.0000000505. The van der Waals surface area contributed by atoms with Crippen LogP contribution in [0.25, 0.3) is 0 Å². The summed E-state index contributed by atoms with van der Waals surface area (Å²) in [5.74, 6) is 0. The van der Waals surface area contributed by atoms with Crippen molar-refractivity contribution < 1.29 is 35.1 Å². The fourth-order valence-corrected chi connectivity index (χ4v) is 0. The van der Waals surface area contributed by atoms with Crippen LogP contribution in [0.15, 0.2) is 0 Å². The third-order valence-electron chi connectivity index (χ3n) is 0. The van der Waals surface area contributed by atoms with Crippen molar-refractivity contribution in [3.63, 3.8) is 0 Å². The van der Waals surface area contributed by atoms with Crippen molar-refractivity contribution in [2.45, 2.75) is 26.7 Å². The van der Waals surface area contributed by atoms with Crippen LogP contribution in [0.5, 0.6) is 0 Å². The molecule has 0 nitrogen and oxygen atoms in total. The van der Waals surface area contributed by atoms with E-state index >= 15 is 0 Å². The predicted octanol–water partition coefficient (Wildman–Crippen LogP) is 4.31. The van der Waals surface area contributed by atoms with Crippen LogP contribution in [-0.2, 0) is 0 Å². The first-order chi connectivity index (χ1) is 6.15. The van der Waals surface area contributed by atoms with Crippen LogP contribution >= 0.6 is 0 Å². The van der Waals surface area contributed by atoms with Crippen LogP contribution in [0, 0.1) is 0 Å². The van der Waals surface area contributed by atoms with Gasteiger partial charge in [0.25, 0.3) is 0 Å². The second-order valence-corrected chi connectivity index (χ2v) is 1.21. The highest BCUT2D eigenvalue weighted by molar-refractivity contribution is 4.08. The normalized spacial score (nSPS) is 8.57. The molecule has 0 rings (SSSR count). The van der Waals surface area contributed by atoms with E-state index in [-0.39, 0.29) is 6.67 Å². The van der Waals surface area contributed by atoms with E-state index in [9.17, 15) is 35.1 Å². The van der Waals surface area contributed by atoms with Gasteiger partial charge in [-0.1, -0.05) is 0 Å². The van der Waals surface area contributed by atoms with Crippen molar-refractivity contribution >= 4 is 0 Å². The van der Waals surface area contributed by atoms with E-state index in [0.29, 0.717) is 7.18 Å². The van der Waals surface area contributed by atoms with Gasteiger partial charge in [-0.2, -0.15) is 0 Å². The highest BCUT2D eigenvalue weighted by Crippen LogP contribution is 2.13. The molecule has 0 aromatic carbocycles. The molecule has 92 valence electrons. The molecule has 0 bridgehead atoms. The Morgan fingerprint density at radius 3 is 1.00 bits per heavy atom. The molecular weight excluding hydrogens is 224 g/mol. The van der Waals surface area contributed by atoms with Crippen LogP contribution < -0.4 is 0 Å². The molecule has 0 aliphatic rings. The standard InChI is InChI=1S/C2H4F2.C2H5F.CF4.CH3F/c1-2(3)4;1-2-3;2-1(3,4)5;1-2/h2H,1H3;2H2,1H3;;1H3. The second kappa shape index (κ2) is 18.3. The summed E-state index contributed by atoms with van der Waals surface area (Å²) in [4.78, 5) is 0. The van der Waals surface area contributed by atoms with Crippen LogP contribution in [0.4, 0.5) is 35.1 Å². The number of alkyl halides is 8. The van der Waals surface area contributed by atoms with Crippen molar-refractivity contribution in [3.05, 3.63) is 0 Å². The average Bonchev–Trinajstić information content (AvgIpc) is 1.87. The zero-order valence-electron chi connectivity index (χ0n) is 7.81. The summed E-state index contributed by atoms with van der Waals surface area (Å²) in [5, 5.41) is 0. The summed E-state index contributed by atoms with van der Waals surface area (Å²) >= 11 is 0. The Morgan fingerprint density at radius 2 is 1.00 bits per heavy atom. The minimum absolute atomic E-state index is 0.250. The summed E-state index contributed by atoms with van der Waals surface area (Å²) in [6, 6.07) is 0. The van der Waals surface area contributed by atoms with Crippen LogP contribution in [0.1, 0.15) is 13.8 Å². The number of hydrogen-bond donors (Lipinski definition) is 0. The summed E-state index contributed by atoms with van der Waals surface area (Å²) in [5.41, 5.74) is 0. The molecule has 0 unspecified atom stereocenters. The Hall–Kier alpha value is -0.560. The maximum absolute atomic E-state index is 10.3. The predicted molar refractivity (Wildman–Crippen MR) is 37.5 cm³/mol. The summed E-state index contributed by atoms with van der Waals surface area (Å²) < 4.78 is 79.2. The summed E-state index contributed by atoms with van der Waals surface area (Å²) in [6.45, 7) is 2.04. The molecule has 0 amide bonds. The summed E-state index contributed by atoms with van der Waals surface area (Å²) in [7, 11) is 0.500. The smallest absolute Gasteiger partial charge is 0.255 e. The minimum Gasteiger partial charge on any atom is -0.255 e. The van der Waals surface area contributed by atoms with Gasteiger partial charge >= 0.3 is 6.43 Å². The quantitative estimate of drug-likeness (QED) is 0.550. The van der Waals surface area contributed by atoms with E-state index in [4.69, 9.17) is 0 Å². The molecule has 0 heterocycles. The topological polar surface area (TPSA) is 0 Å². The highest BCUT2D eigenvalue weighted by atomic mass is 19.5. The van der Waals surface area contributed by atoms with E-state index in [2.05, 4.69) is 0 Å². The molecule has 14 heavy (non-hydrogen) atoms. The molecule has 0 aromatic heterocycles. The van der Waals surface area contributed by atoms with Gasteiger partial charge in [0.1, 0.15) is 0 Å². The van der Waals surface area contributed by atoms with Gasteiger partial charge in [-0.3, -0.25) is 8.78 Å². The second-order valence-electron chi connectivity index (χ2n) is 1.21. The van der Waals surface area contributed by atoms with Crippen molar-refractivity contribution in [2.75, 3.05) is 13.9 Å². The lowest BCUT2D eigenvalue weighted by molar-refractivity contribution is -0.237. The van der Waals surface area contributed by atoms with Gasteiger partial charge in [0.05, 0.1) is 13.9 Å². The number of halogens is 8. The maximum atomic E-state index is 10.3. The third kappa shape index (κ3) is 3980. The highest BCUT2D eigenvalue weighted by Gasteiger charge is 2.24. The van der Waals surface area contributed by atoms with E-state index in [1.807, 2.05) is 0 Å². The van der Waals surface area contributed by atoms with Gasteiger partial charge in [0, 0.05) is 0 Å². The van der Waals surface area contributed by atoms with Crippen molar-refractivity contribution in [1.29, 1.82) is 0 Å². The van der Waals surface area contributed by atoms with Crippen molar-refractivity contribution in [1.82, 2.24) is 0 Å². The Bertz CT molecular complexity index is 60.0. The van der Waals surface area contributed by atoms with Crippen molar-refractivity contribution in [3.8, 4) is 0 Å². The first kappa shape index (κ1) is 23.3. The molecule has 0 atom stereocenters. The average molecular weight is 236 g/mol. The van der Waals surface area contributed by atoms with Gasteiger partial charge in [-0.05, 0) is 13.8 Å². The fraction of sp³-hybridized carbons (Fsp3) is 1.00. The van der Waals surface area contributed by atoms with Gasteiger partial charge in [0.15, 0.2) is 0 Å². The molecule has 0 aliphatic carbocycles. The lowest BCUT2D eigenvalue weighted by Crippen LogP contribution is -1.92. The molecule has 0 aliphatic heterocycles. The molecule has 0 radical (unpaired) electrons. The third-order valence-corrected chi connectivity index (χ3v) is 0. The molecule has 0 fully saturated rings. The van der Waals surface area contributed by atoms with E-state index in [1.165, 1.54) is 6.92 Å². The van der Waals surface area contributed by atoms with Gasteiger partial charge < -0.3 is 0 Å². The SMILES string of the molecule is CC(F)F.CCF.CF.FC(F)(F)F. The minimum atomic E-state index is -5.50. The molecule has 0 N–H and O–H groups in total. The van der Waals surface area contributed by atoms with E-state index in [0.717, 1.165) is 6.92 Å². The van der Waals surface area contributed by atoms with Crippen LogP contribution in [0.3, 0.4) is 0 Å². The molecule has 8 heteroatoms. The molecule has 0 saturated heterocycles. The Morgan fingerprint density at radius 1 is 1.00 bits per heavy atom. The van der Waals surface area contributed by atoms with Crippen molar-refractivity contribution in [2.24, 2.45) is 0 Å². The lowest BCUT2D eigenvalue weighted by Gasteiger charge is -1.82. The Kier molecular flexibility index (Phi) is 30.5. The van der Waals surface area contributed by atoms with Gasteiger partial charge in [-0.15, -0.1) is 17.6 Å². The molecule has 0 spiro atoms. The van der Waals surface area contributed by atoms with Crippen LogP contribution in [-0.4, -0.2) is 26.7 Å². The molecule has 0 saturated carbocycles. The van der Waals surface area contributed by atoms with E-state index in [1.54, 1.807) is 0 Å². The summed E-state index contributed by atoms with van der Waals surface area (Å²) in [6.07, 6.45) is -7.67. The zero-order valence-corrected chi connectivity index (χ0v) is 7.81. The van der Waals surface area contributed by atoms with Gasteiger partial charge in [-0.25, -0.2) is 8.78 Å². The largest absolute Gasteiger partial charge is 0.559 e. The number of hydrogen-bond acceptors (Lipinski definition) is 0. The fourth-order valence-electron chi connectivity index (χ4n) is 0. The molecule has 0 aromatic rings. The monoisotopic (exact) mass is 236 g/mol. The maximum Gasteiger partial charge on any atom is 0.559 e. The van der Waals surface area contributed by atoms with E-state index < -0.39 is 12.9 Å². The van der Waals surface area contributed by atoms with Gasteiger partial charge in [0.2, 0.25) is 6.43 Å². The number of rotatable bonds is 0. The Labute approximate surface area is 76.9 Å². The zero-order chi connectivity index (χ0) is 12.8. The molecular formula is C6H12F8. The first-order valence-corrected chi connectivity index (χ1v) is 3.12.